The van der Waals surface area contributed by atoms with Crippen molar-refractivity contribution in [3.05, 3.63) is 0 Å². The van der Waals surface area contributed by atoms with Gasteiger partial charge in [0.15, 0.2) is 0 Å². The number of rotatable bonds is 7. The van der Waals surface area contributed by atoms with E-state index in [2.05, 4.69) is 17.1 Å². The molecule has 17 heavy (non-hydrogen) atoms. The third kappa shape index (κ3) is 4.21. The Labute approximate surface area is 105 Å². The molecule has 2 rings (SSSR count). The highest BCUT2D eigenvalue weighted by molar-refractivity contribution is 4.87. The van der Waals surface area contributed by atoms with Gasteiger partial charge in [0.05, 0.1) is 19.8 Å². The summed E-state index contributed by atoms with van der Waals surface area (Å²) in [6, 6.07) is 1.18. The average Bonchev–Trinajstić information content (AvgIpc) is 3.19. The maximum absolute atomic E-state index is 5.52. The zero-order chi connectivity index (χ0) is 12.1. The van der Waals surface area contributed by atoms with Crippen LogP contribution >= 0.6 is 0 Å². The summed E-state index contributed by atoms with van der Waals surface area (Å²) >= 11 is 0. The van der Waals surface area contributed by atoms with Crippen molar-refractivity contribution in [3.8, 4) is 0 Å². The minimum atomic E-state index is 0.488. The van der Waals surface area contributed by atoms with Gasteiger partial charge in [-0.25, -0.2) is 0 Å². The Balaban J connectivity index is 1.80. The molecule has 100 valence electrons. The quantitative estimate of drug-likeness (QED) is 0.713. The van der Waals surface area contributed by atoms with Crippen LogP contribution in [0.1, 0.15) is 19.8 Å². The van der Waals surface area contributed by atoms with Gasteiger partial charge in [0.1, 0.15) is 0 Å². The van der Waals surface area contributed by atoms with Gasteiger partial charge in [0.25, 0.3) is 0 Å². The Hall–Kier alpha value is -0.160. The fourth-order valence-electron chi connectivity index (χ4n) is 2.57. The van der Waals surface area contributed by atoms with Crippen LogP contribution in [0.15, 0.2) is 0 Å². The summed E-state index contributed by atoms with van der Waals surface area (Å²) in [6.07, 6.45) is 2.80. The van der Waals surface area contributed by atoms with Gasteiger partial charge in [-0.15, -0.1) is 0 Å². The summed E-state index contributed by atoms with van der Waals surface area (Å²) in [5.74, 6) is 0.913. The Morgan fingerprint density at radius 2 is 2.29 bits per heavy atom. The number of morpholine rings is 1. The molecule has 0 aromatic heterocycles. The normalized spacial score (nSPS) is 27.4. The number of ether oxygens (including phenoxy) is 2. The molecule has 1 saturated heterocycles. The maximum Gasteiger partial charge on any atom is 0.0632 e. The largest absolute Gasteiger partial charge is 0.383 e. The van der Waals surface area contributed by atoms with Crippen molar-refractivity contribution in [3.63, 3.8) is 0 Å². The number of nitrogens with zero attached hydrogens (tertiary/aromatic N) is 1. The molecule has 4 nitrogen and oxygen atoms in total. The lowest BCUT2D eigenvalue weighted by molar-refractivity contribution is 0.0453. The smallest absolute Gasteiger partial charge is 0.0632 e. The topological polar surface area (TPSA) is 33.7 Å². The van der Waals surface area contributed by atoms with E-state index >= 15 is 0 Å². The molecule has 0 aromatic carbocycles. The molecule has 0 radical (unpaired) electrons. The van der Waals surface area contributed by atoms with Crippen molar-refractivity contribution in [2.24, 2.45) is 5.92 Å². The van der Waals surface area contributed by atoms with Gasteiger partial charge in [0, 0.05) is 38.8 Å². The average molecular weight is 242 g/mol. The molecule has 1 aliphatic carbocycles. The first-order valence-electron chi connectivity index (χ1n) is 6.85. The molecule has 1 saturated carbocycles. The molecular formula is C13H26N2O2. The molecule has 2 aliphatic rings. The Morgan fingerprint density at radius 1 is 1.47 bits per heavy atom. The highest BCUT2D eigenvalue weighted by Gasteiger charge is 2.32. The summed E-state index contributed by atoms with van der Waals surface area (Å²) < 4.78 is 10.7. The summed E-state index contributed by atoms with van der Waals surface area (Å²) in [5, 5.41) is 3.53. The molecule has 4 heteroatoms. The lowest BCUT2D eigenvalue weighted by Crippen LogP contribution is -2.51. The van der Waals surface area contributed by atoms with Crippen LogP contribution in [0, 0.1) is 5.92 Å². The van der Waals surface area contributed by atoms with E-state index in [0.717, 1.165) is 45.4 Å². The van der Waals surface area contributed by atoms with Crippen LogP contribution in [0.5, 0.6) is 0 Å². The number of hydrogen-bond donors (Lipinski definition) is 1. The van der Waals surface area contributed by atoms with Gasteiger partial charge in [0.2, 0.25) is 0 Å². The zero-order valence-electron chi connectivity index (χ0n) is 11.2. The first-order chi connectivity index (χ1) is 8.31. The van der Waals surface area contributed by atoms with Crippen LogP contribution in [-0.2, 0) is 9.47 Å². The SMILES string of the molecule is COCCN(CC1COCCN1)C(C)C1CC1. The summed E-state index contributed by atoms with van der Waals surface area (Å²) in [7, 11) is 1.78. The van der Waals surface area contributed by atoms with Gasteiger partial charge in [-0.2, -0.15) is 0 Å². The zero-order valence-corrected chi connectivity index (χ0v) is 11.2. The van der Waals surface area contributed by atoms with Crippen molar-refractivity contribution in [1.29, 1.82) is 0 Å². The number of hydrogen-bond acceptors (Lipinski definition) is 4. The first kappa shape index (κ1) is 13.3. The highest BCUT2D eigenvalue weighted by Crippen LogP contribution is 2.35. The van der Waals surface area contributed by atoms with Gasteiger partial charge >= 0.3 is 0 Å². The summed E-state index contributed by atoms with van der Waals surface area (Å²) in [4.78, 5) is 2.56. The van der Waals surface area contributed by atoms with Crippen LogP contribution in [0.4, 0.5) is 0 Å². The van der Waals surface area contributed by atoms with Gasteiger partial charge in [-0.1, -0.05) is 0 Å². The first-order valence-corrected chi connectivity index (χ1v) is 6.85. The fourth-order valence-corrected chi connectivity index (χ4v) is 2.57. The molecule has 1 aliphatic heterocycles. The maximum atomic E-state index is 5.52. The van der Waals surface area contributed by atoms with Crippen molar-refractivity contribution >= 4 is 0 Å². The molecule has 1 N–H and O–H groups in total. The standard InChI is InChI=1S/C13H26N2O2/c1-11(12-3-4-12)15(6-8-16-2)9-13-10-17-7-5-14-13/h11-14H,3-10H2,1-2H3. The molecule has 0 spiro atoms. The molecule has 2 atom stereocenters. The lowest BCUT2D eigenvalue weighted by Gasteiger charge is -2.34. The Bertz CT molecular complexity index is 215. The minimum Gasteiger partial charge on any atom is -0.383 e. The van der Waals surface area contributed by atoms with Crippen molar-refractivity contribution in [2.75, 3.05) is 46.6 Å². The van der Waals surface area contributed by atoms with Crippen molar-refractivity contribution < 1.29 is 9.47 Å². The minimum absolute atomic E-state index is 0.488. The molecule has 0 aromatic rings. The predicted octanol–water partition coefficient (Wildman–Crippen LogP) is 0.722. The van der Waals surface area contributed by atoms with E-state index < -0.39 is 0 Å². The van der Waals surface area contributed by atoms with E-state index in [9.17, 15) is 0 Å². The van der Waals surface area contributed by atoms with Gasteiger partial charge < -0.3 is 14.8 Å². The second-order valence-corrected chi connectivity index (χ2v) is 5.29. The fraction of sp³-hybridized carbons (Fsp3) is 1.00. The van der Waals surface area contributed by atoms with Crippen LogP contribution < -0.4 is 5.32 Å². The molecule has 1 heterocycles. The van der Waals surface area contributed by atoms with Gasteiger partial charge in [-0.3, -0.25) is 4.90 Å². The van der Waals surface area contributed by atoms with Crippen LogP contribution in [-0.4, -0.2) is 63.5 Å². The van der Waals surface area contributed by atoms with E-state index in [0.29, 0.717) is 12.1 Å². The van der Waals surface area contributed by atoms with E-state index in [1.807, 2.05) is 0 Å². The third-order valence-electron chi connectivity index (χ3n) is 3.92. The second kappa shape index (κ2) is 6.69. The number of nitrogens with one attached hydrogen (secondary N) is 1. The monoisotopic (exact) mass is 242 g/mol. The van der Waals surface area contributed by atoms with E-state index in [-0.39, 0.29) is 0 Å². The highest BCUT2D eigenvalue weighted by atomic mass is 16.5. The van der Waals surface area contributed by atoms with E-state index in [1.165, 1.54) is 12.8 Å². The molecule has 0 amide bonds. The molecular weight excluding hydrogens is 216 g/mol. The molecule has 2 unspecified atom stereocenters. The summed E-state index contributed by atoms with van der Waals surface area (Å²) in [6.45, 7) is 7.99. The Kier molecular flexibility index (Phi) is 5.22. The van der Waals surface area contributed by atoms with Crippen molar-refractivity contribution in [1.82, 2.24) is 10.2 Å². The van der Waals surface area contributed by atoms with E-state index in [1.54, 1.807) is 7.11 Å². The lowest BCUT2D eigenvalue weighted by atomic mass is 10.1. The van der Waals surface area contributed by atoms with Crippen LogP contribution in [0.2, 0.25) is 0 Å². The Morgan fingerprint density at radius 3 is 2.88 bits per heavy atom. The van der Waals surface area contributed by atoms with Crippen LogP contribution in [0.25, 0.3) is 0 Å². The second-order valence-electron chi connectivity index (χ2n) is 5.29. The third-order valence-corrected chi connectivity index (χ3v) is 3.92. The summed E-state index contributed by atoms with van der Waals surface area (Å²) in [5.41, 5.74) is 0. The van der Waals surface area contributed by atoms with Crippen molar-refractivity contribution in [2.45, 2.75) is 31.8 Å². The molecule has 2 fully saturated rings. The number of methoxy groups -OCH3 is 1. The predicted molar refractivity (Wildman–Crippen MR) is 68.2 cm³/mol. The van der Waals surface area contributed by atoms with Gasteiger partial charge in [-0.05, 0) is 25.7 Å². The van der Waals surface area contributed by atoms with Crippen LogP contribution in [0.3, 0.4) is 0 Å². The molecule has 0 bridgehead atoms. The van der Waals surface area contributed by atoms with E-state index in [4.69, 9.17) is 9.47 Å².